The molecule has 26 heavy (non-hydrogen) atoms. The third-order valence-electron chi connectivity index (χ3n) is 4.84. The smallest absolute Gasteiger partial charge is 0.0184 e. The first kappa shape index (κ1) is 24.0. The van der Waals surface area contributed by atoms with Gasteiger partial charge in [-0.15, -0.1) is 0 Å². The molecule has 0 amide bonds. The molecule has 150 valence electrons. The number of unbranched alkanes of at least 4 members (excludes halogenated alkanes) is 10. The van der Waals surface area contributed by atoms with Gasteiger partial charge in [-0.05, 0) is 35.5 Å². The maximum Gasteiger partial charge on any atom is 0.0184 e. The van der Waals surface area contributed by atoms with Gasteiger partial charge >= 0.3 is 0 Å². The van der Waals surface area contributed by atoms with Crippen LogP contribution in [0, 0.1) is 0 Å². The Morgan fingerprint density at radius 3 is 1.23 bits per heavy atom. The van der Waals surface area contributed by atoms with Crippen LogP contribution in [0.15, 0.2) is 24.3 Å². The van der Waals surface area contributed by atoms with E-state index in [0.29, 0.717) is 0 Å². The van der Waals surface area contributed by atoms with Gasteiger partial charge in [0.05, 0.1) is 0 Å². The van der Waals surface area contributed by atoms with Crippen molar-refractivity contribution in [1.82, 2.24) is 0 Å². The van der Waals surface area contributed by atoms with Crippen LogP contribution in [0.5, 0.6) is 0 Å². The van der Waals surface area contributed by atoms with Crippen molar-refractivity contribution in [3.05, 3.63) is 35.4 Å². The van der Waals surface area contributed by atoms with Gasteiger partial charge in [-0.1, -0.05) is 102 Å². The quantitative estimate of drug-likeness (QED) is 0.228. The molecule has 0 N–H and O–H groups in total. The lowest BCUT2D eigenvalue weighted by Gasteiger charge is -2.05. The van der Waals surface area contributed by atoms with E-state index in [1.54, 1.807) is 0 Å². The molecular formula is C24H42S2. The Kier molecular flexibility index (Phi) is 16.9. The SMILES string of the molecule is CCCCCCCCSCc1ccc(CSCCCCCCCC)cc1. The van der Waals surface area contributed by atoms with Crippen LogP contribution in [0.25, 0.3) is 0 Å². The van der Waals surface area contributed by atoms with Gasteiger partial charge in [0.25, 0.3) is 0 Å². The van der Waals surface area contributed by atoms with Crippen molar-refractivity contribution in [2.24, 2.45) is 0 Å². The van der Waals surface area contributed by atoms with Crippen LogP contribution in [0.3, 0.4) is 0 Å². The summed E-state index contributed by atoms with van der Waals surface area (Å²) in [5, 5.41) is 0. The maximum absolute atomic E-state index is 2.34. The van der Waals surface area contributed by atoms with E-state index in [9.17, 15) is 0 Å². The molecule has 2 heteroatoms. The lowest BCUT2D eigenvalue weighted by atomic mass is 10.1. The molecule has 0 aliphatic rings. The molecule has 0 aliphatic heterocycles. The summed E-state index contributed by atoms with van der Waals surface area (Å²) in [6.07, 6.45) is 16.9. The molecule has 1 aromatic rings. The van der Waals surface area contributed by atoms with Gasteiger partial charge in [0.1, 0.15) is 0 Å². The van der Waals surface area contributed by atoms with E-state index in [1.807, 2.05) is 0 Å². The molecule has 0 saturated heterocycles. The maximum atomic E-state index is 2.34. The molecule has 0 atom stereocenters. The molecule has 0 aromatic heterocycles. The predicted molar refractivity (Wildman–Crippen MR) is 126 cm³/mol. The van der Waals surface area contributed by atoms with Gasteiger partial charge < -0.3 is 0 Å². The van der Waals surface area contributed by atoms with Crippen LogP contribution in [0.4, 0.5) is 0 Å². The number of hydrogen-bond donors (Lipinski definition) is 0. The summed E-state index contributed by atoms with van der Waals surface area (Å²) in [5.74, 6) is 5.00. The van der Waals surface area contributed by atoms with E-state index >= 15 is 0 Å². The van der Waals surface area contributed by atoms with Crippen molar-refractivity contribution in [2.45, 2.75) is 102 Å². The molecule has 0 radical (unpaired) electrons. The second-order valence-electron chi connectivity index (χ2n) is 7.46. The first-order valence-corrected chi connectivity index (χ1v) is 13.4. The van der Waals surface area contributed by atoms with E-state index in [-0.39, 0.29) is 0 Å². The Morgan fingerprint density at radius 1 is 0.500 bits per heavy atom. The van der Waals surface area contributed by atoms with Crippen molar-refractivity contribution < 1.29 is 0 Å². The molecule has 0 saturated carbocycles. The van der Waals surface area contributed by atoms with Crippen molar-refractivity contribution in [1.29, 1.82) is 0 Å². The minimum atomic E-state index is 1.18. The van der Waals surface area contributed by atoms with Crippen molar-refractivity contribution in [2.75, 3.05) is 11.5 Å². The zero-order valence-corrected chi connectivity index (χ0v) is 19.1. The van der Waals surface area contributed by atoms with Gasteiger partial charge in [0.2, 0.25) is 0 Å². The number of rotatable bonds is 18. The zero-order chi connectivity index (χ0) is 18.7. The van der Waals surface area contributed by atoms with E-state index in [4.69, 9.17) is 0 Å². The molecule has 0 unspecified atom stereocenters. The summed E-state index contributed by atoms with van der Waals surface area (Å²) in [5.41, 5.74) is 2.98. The monoisotopic (exact) mass is 394 g/mol. The lowest BCUT2D eigenvalue weighted by Crippen LogP contribution is -1.88. The van der Waals surface area contributed by atoms with E-state index in [0.717, 1.165) is 0 Å². The van der Waals surface area contributed by atoms with Crippen molar-refractivity contribution in [3.8, 4) is 0 Å². The average Bonchev–Trinajstić information content (AvgIpc) is 2.67. The van der Waals surface area contributed by atoms with Gasteiger partial charge in [0, 0.05) is 11.5 Å². The largest absolute Gasteiger partial charge is 0.157 e. The summed E-state index contributed by atoms with van der Waals surface area (Å²) >= 11 is 4.21. The topological polar surface area (TPSA) is 0 Å². The Bertz CT molecular complexity index is 360. The van der Waals surface area contributed by atoms with Crippen LogP contribution in [0.2, 0.25) is 0 Å². The molecule has 0 spiro atoms. The number of benzene rings is 1. The molecule has 1 aromatic carbocycles. The second-order valence-corrected chi connectivity index (χ2v) is 9.67. The minimum absolute atomic E-state index is 1.18. The molecule has 0 nitrogen and oxygen atoms in total. The molecule has 1 rings (SSSR count). The predicted octanol–water partition coefficient (Wildman–Crippen LogP) is 8.87. The molecule has 0 bridgehead atoms. The summed E-state index contributed by atoms with van der Waals surface area (Å²) in [7, 11) is 0. The fraction of sp³-hybridized carbons (Fsp3) is 0.750. The molecule has 0 heterocycles. The molecular weight excluding hydrogens is 352 g/mol. The first-order chi connectivity index (χ1) is 12.9. The molecule has 0 aliphatic carbocycles. The third kappa shape index (κ3) is 14.0. The number of thioether (sulfide) groups is 2. The van der Waals surface area contributed by atoms with Crippen LogP contribution in [0.1, 0.15) is 102 Å². The van der Waals surface area contributed by atoms with Crippen molar-refractivity contribution >= 4 is 23.5 Å². The van der Waals surface area contributed by atoms with E-state index in [2.05, 4.69) is 61.6 Å². The Balaban J connectivity index is 1.98. The van der Waals surface area contributed by atoms with E-state index < -0.39 is 0 Å². The highest BCUT2D eigenvalue weighted by atomic mass is 32.2. The molecule has 0 fully saturated rings. The summed E-state index contributed by atoms with van der Waals surface area (Å²) in [6.45, 7) is 4.57. The standard InChI is InChI=1S/C24H42S2/c1-3-5-7-9-11-13-19-25-21-23-15-17-24(18-16-23)22-26-20-14-12-10-8-6-4-2/h15-18H,3-14,19-22H2,1-2H3. The summed E-state index contributed by atoms with van der Waals surface area (Å²) in [6, 6.07) is 9.37. The number of hydrogen-bond acceptors (Lipinski definition) is 2. The Morgan fingerprint density at radius 2 is 0.846 bits per heavy atom. The highest BCUT2D eigenvalue weighted by Crippen LogP contribution is 2.19. The fourth-order valence-electron chi connectivity index (χ4n) is 3.08. The third-order valence-corrected chi connectivity index (χ3v) is 7.07. The first-order valence-electron chi connectivity index (χ1n) is 11.1. The van der Waals surface area contributed by atoms with Crippen LogP contribution in [-0.4, -0.2) is 11.5 Å². The Hall–Kier alpha value is -0.0800. The normalized spacial score (nSPS) is 11.2. The highest BCUT2D eigenvalue weighted by Gasteiger charge is 1.98. The fourth-order valence-corrected chi connectivity index (χ4v) is 5.04. The zero-order valence-electron chi connectivity index (χ0n) is 17.4. The van der Waals surface area contributed by atoms with Crippen LogP contribution >= 0.6 is 23.5 Å². The van der Waals surface area contributed by atoms with Gasteiger partial charge in [-0.25, -0.2) is 0 Å². The van der Waals surface area contributed by atoms with Crippen LogP contribution in [-0.2, 0) is 11.5 Å². The van der Waals surface area contributed by atoms with Gasteiger partial charge in [0.15, 0.2) is 0 Å². The highest BCUT2D eigenvalue weighted by molar-refractivity contribution is 7.98. The summed E-state index contributed by atoms with van der Waals surface area (Å²) < 4.78 is 0. The summed E-state index contributed by atoms with van der Waals surface area (Å²) in [4.78, 5) is 0. The minimum Gasteiger partial charge on any atom is -0.157 e. The van der Waals surface area contributed by atoms with Crippen LogP contribution < -0.4 is 0 Å². The van der Waals surface area contributed by atoms with Gasteiger partial charge in [-0.3, -0.25) is 0 Å². The second kappa shape index (κ2) is 18.3. The average molecular weight is 395 g/mol. The van der Waals surface area contributed by atoms with Gasteiger partial charge in [-0.2, -0.15) is 23.5 Å². The Labute approximate surface area is 172 Å². The van der Waals surface area contributed by atoms with E-state index in [1.165, 1.54) is 111 Å². The lowest BCUT2D eigenvalue weighted by molar-refractivity contribution is 0.627. The van der Waals surface area contributed by atoms with Crippen molar-refractivity contribution in [3.63, 3.8) is 0 Å².